The average Bonchev–Trinajstić information content (AvgIpc) is 3.62. The van der Waals surface area contributed by atoms with E-state index in [9.17, 15) is 9.59 Å². The van der Waals surface area contributed by atoms with Crippen molar-refractivity contribution in [2.75, 3.05) is 31.6 Å². The first-order chi connectivity index (χ1) is 18.4. The van der Waals surface area contributed by atoms with Crippen molar-refractivity contribution in [3.05, 3.63) is 53.7 Å². The van der Waals surface area contributed by atoms with Gasteiger partial charge in [-0.1, -0.05) is 19.9 Å². The second-order valence-electron chi connectivity index (χ2n) is 9.05. The van der Waals surface area contributed by atoms with Crippen LogP contribution in [0.5, 0.6) is 0 Å². The van der Waals surface area contributed by atoms with Crippen molar-refractivity contribution in [3.63, 3.8) is 0 Å². The molecule has 4 aromatic rings. The molecule has 2 amide bonds. The van der Waals surface area contributed by atoms with E-state index in [1.54, 1.807) is 41.2 Å². The molecule has 0 radical (unpaired) electrons. The van der Waals surface area contributed by atoms with Crippen LogP contribution in [-0.2, 0) is 0 Å². The van der Waals surface area contributed by atoms with Crippen LogP contribution in [0.15, 0.2) is 48.1 Å². The van der Waals surface area contributed by atoms with E-state index in [1.165, 1.54) is 4.90 Å². The lowest BCUT2D eigenvalue weighted by molar-refractivity contribution is 0.0964. The fraction of sp³-hybridized carbons (Fsp3) is 0.393. The second-order valence-corrected chi connectivity index (χ2v) is 9.99. The molecule has 1 N–H and O–H groups in total. The van der Waals surface area contributed by atoms with Gasteiger partial charge in [-0.3, -0.25) is 9.69 Å². The molecule has 0 aromatic carbocycles. The molecular weight excluding hydrogens is 498 g/mol. The van der Waals surface area contributed by atoms with E-state index in [2.05, 4.69) is 36.1 Å². The van der Waals surface area contributed by atoms with Gasteiger partial charge < -0.3 is 10.2 Å². The van der Waals surface area contributed by atoms with Crippen molar-refractivity contribution < 1.29 is 9.59 Å². The Hall–Kier alpha value is -3.63. The minimum atomic E-state index is -0.288. The molecule has 0 aliphatic carbocycles. The lowest BCUT2D eigenvalue weighted by Gasteiger charge is -2.26. The number of ketones is 1. The van der Waals surface area contributed by atoms with Gasteiger partial charge >= 0.3 is 6.03 Å². The van der Waals surface area contributed by atoms with E-state index in [1.807, 2.05) is 36.7 Å². The van der Waals surface area contributed by atoms with E-state index in [0.717, 1.165) is 30.1 Å². The molecule has 0 spiro atoms. The number of hydrogen-bond donors (Lipinski definition) is 1. The number of nitrogens with one attached hydrogen (secondary N) is 1. The van der Waals surface area contributed by atoms with Crippen molar-refractivity contribution in [2.45, 2.75) is 46.6 Å². The second kappa shape index (κ2) is 12.3. The molecule has 0 unspecified atom stereocenters. The summed E-state index contributed by atoms with van der Waals surface area (Å²) in [6, 6.07) is 9.46. The summed E-state index contributed by atoms with van der Waals surface area (Å²) in [6.45, 7) is 10.6. The quantitative estimate of drug-likeness (QED) is 0.260. The zero-order chi connectivity index (χ0) is 27.2. The summed E-state index contributed by atoms with van der Waals surface area (Å²) in [5, 5.41) is 9.15. The number of carbonyl (C=O) groups is 2. The first-order valence-electron chi connectivity index (χ1n) is 13.1. The van der Waals surface area contributed by atoms with Crippen LogP contribution in [0.3, 0.4) is 0 Å². The normalized spacial score (nSPS) is 12.2. The maximum absolute atomic E-state index is 13.4. The molecule has 200 valence electrons. The number of urea groups is 1. The van der Waals surface area contributed by atoms with Gasteiger partial charge in [-0.25, -0.2) is 19.3 Å². The lowest BCUT2D eigenvalue weighted by atomic mass is 10.0. The SMILES string of the molecule is CCN(C(=O)NC)c1cc(C(=O)CC[C@H](C)N(CC)CC)cc(-c2cnn3ccc(-c4cccs4)nc23)n1. The number of amides is 2. The number of nitrogens with zero attached hydrogens (tertiary/aromatic N) is 6. The van der Waals surface area contributed by atoms with Gasteiger partial charge in [0.15, 0.2) is 11.4 Å². The van der Waals surface area contributed by atoms with Crippen LogP contribution < -0.4 is 10.2 Å². The van der Waals surface area contributed by atoms with Gasteiger partial charge in [-0.05, 0) is 63.0 Å². The number of fused-ring (bicyclic) bond motifs is 1. The van der Waals surface area contributed by atoms with Gasteiger partial charge in [-0.2, -0.15) is 5.10 Å². The van der Waals surface area contributed by atoms with Gasteiger partial charge in [0, 0.05) is 37.8 Å². The summed E-state index contributed by atoms with van der Waals surface area (Å²) in [5.41, 5.74) is 3.25. The molecule has 4 heterocycles. The number of hydrogen-bond acceptors (Lipinski definition) is 7. The van der Waals surface area contributed by atoms with Crippen molar-refractivity contribution >= 4 is 34.6 Å². The smallest absolute Gasteiger partial charge is 0.322 e. The molecule has 0 aliphatic heterocycles. The van der Waals surface area contributed by atoms with Crippen molar-refractivity contribution in [1.29, 1.82) is 0 Å². The minimum absolute atomic E-state index is 0.0190. The van der Waals surface area contributed by atoms with Gasteiger partial charge in [0.1, 0.15) is 5.82 Å². The number of anilines is 1. The number of thiophene rings is 1. The third-order valence-corrected chi connectivity index (χ3v) is 7.72. The Morgan fingerprint density at radius 3 is 2.53 bits per heavy atom. The Labute approximate surface area is 227 Å². The monoisotopic (exact) mass is 533 g/mol. The summed E-state index contributed by atoms with van der Waals surface area (Å²) in [6.07, 6.45) is 4.74. The first kappa shape index (κ1) is 27.4. The van der Waals surface area contributed by atoms with Gasteiger partial charge in [0.05, 0.1) is 28.0 Å². The number of rotatable bonds is 11. The molecule has 0 aliphatic rings. The molecule has 38 heavy (non-hydrogen) atoms. The van der Waals surface area contributed by atoms with Gasteiger partial charge in [0.2, 0.25) is 0 Å². The summed E-state index contributed by atoms with van der Waals surface area (Å²) in [5.74, 6) is 0.434. The maximum atomic E-state index is 13.4. The fourth-order valence-electron chi connectivity index (χ4n) is 4.62. The molecule has 0 saturated carbocycles. The number of Topliss-reactive ketones (excluding diaryl/α,β-unsaturated/α-hetero) is 1. The Morgan fingerprint density at radius 2 is 1.87 bits per heavy atom. The van der Waals surface area contributed by atoms with E-state index >= 15 is 0 Å². The Bertz CT molecular complexity index is 1400. The highest BCUT2D eigenvalue weighted by molar-refractivity contribution is 7.13. The zero-order valence-electron chi connectivity index (χ0n) is 22.6. The Balaban J connectivity index is 1.76. The largest absolute Gasteiger partial charge is 0.341 e. The van der Waals surface area contributed by atoms with Crippen molar-refractivity contribution in [2.24, 2.45) is 0 Å². The van der Waals surface area contributed by atoms with E-state index in [4.69, 9.17) is 9.97 Å². The van der Waals surface area contributed by atoms with Crippen LogP contribution >= 0.6 is 11.3 Å². The number of aromatic nitrogens is 4. The third kappa shape index (κ3) is 5.76. The third-order valence-electron chi connectivity index (χ3n) is 6.83. The highest BCUT2D eigenvalue weighted by atomic mass is 32.1. The number of carbonyl (C=O) groups excluding carboxylic acids is 2. The lowest BCUT2D eigenvalue weighted by Crippen LogP contribution is -2.38. The first-order valence-corrected chi connectivity index (χ1v) is 13.9. The highest BCUT2D eigenvalue weighted by Crippen LogP contribution is 2.29. The van der Waals surface area contributed by atoms with Crippen LogP contribution in [-0.4, -0.2) is 69.0 Å². The van der Waals surface area contributed by atoms with Crippen LogP contribution in [0.4, 0.5) is 10.6 Å². The highest BCUT2D eigenvalue weighted by Gasteiger charge is 2.21. The van der Waals surface area contributed by atoms with Gasteiger partial charge in [0.25, 0.3) is 0 Å². The molecule has 9 nitrogen and oxygen atoms in total. The molecule has 10 heteroatoms. The van der Waals surface area contributed by atoms with Crippen LogP contribution in [0.25, 0.3) is 27.5 Å². The van der Waals surface area contributed by atoms with E-state index in [0.29, 0.717) is 47.3 Å². The summed E-state index contributed by atoms with van der Waals surface area (Å²) in [7, 11) is 1.58. The molecule has 4 rings (SSSR count). The van der Waals surface area contributed by atoms with Gasteiger partial charge in [-0.15, -0.1) is 11.3 Å². The minimum Gasteiger partial charge on any atom is -0.341 e. The number of pyridine rings is 1. The topological polar surface area (TPSA) is 95.7 Å². The Morgan fingerprint density at radius 1 is 1.08 bits per heavy atom. The molecule has 1 atom stereocenters. The van der Waals surface area contributed by atoms with Crippen LogP contribution in [0.1, 0.15) is 50.9 Å². The fourth-order valence-corrected chi connectivity index (χ4v) is 5.32. The van der Waals surface area contributed by atoms with E-state index < -0.39 is 0 Å². The molecular formula is C28H35N7O2S. The van der Waals surface area contributed by atoms with Crippen molar-refractivity contribution in [3.8, 4) is 21.8 Å². The average molecular weight is 534 g/mol. The standard InChI is InChI=1S/C28H35N7O2S/c1-6-33(7-2)19(4)11-12-24(36)20-16-23(31-26(17-20)34(8-3)28(37)29-5)21-18-30-35-14-13-22(32-27(21)35)25-10-9-15-38-25/h9-10,13-19H,6-8,11-12H2,1-5H3,(H,29,37)/t19-/m0/s1. The summed E-state index contributed by atoms with van der Waals surface area (Å²) < 4.78 is 1.70. The van der Waals surface area contributed by atoms with E-state index in [-0.39, 0.29) is 11.8 Å². The molecule has 0 fully saturated rings. The molecule has 4 aromatic heterocycles. The van der Waals surface area contributed by atoms with Crippen LogP contribution in [0.2, 0.25) is 0 Å². The molecule has 0 saturated heterocycles. The summed E-state index contributed by atoms with van der Waals surface area (Å²) in [4.78, 5) is 40.7. The summed E-state index contributed by atoms with van der Waals surface area (Å²) >= 11 is 1.62. The van der Waals surface area contributed by atoms with Crippen molar-refractivity contribution in [1.82, 2.24) is 29.8 Å². The molecule has 0 bridgehead atoms. The zero-order valence-corrected chi connectivity index (χ0v) is 23.5. The van der Waals surface area contributed by atoms with Crippen LogP contribution in [0, 0.1) is 0 Å². The predicted molar refractivity (Wildman–Crippen MR) is 153 cm³/mol. The maximum Gasteiger partial charge on any atom is 0.322 e. The Kier molecular flexibility index (Phi) is 8.85. The predicted octanol–water partition coefficient (Wildman–Crippen LogP) is 5.38.